The molecule has 4 heterocycles. The molecule has 8 aliphatic rings. The number of nitrogens with two attached hydrogens (primary N) is 1. The second-order valence-electron chi connectivity index (χ2n) is 14.8. The van der Waals surface area contributed by atoms with Crippen molar-refractivity contribution in [3.8, 4) is 23.0 Å². The molecule has 10 rings (SSSR count). The van der Waals surface area contributed by atoms with Crippen LogP contribution in [0.2, 0.25) is 0 Å². The molecular formula is C36H46N4O7. The van der Waals surface area contributed by atoms with Gasteiger partial charge in [0.05, 0.1) is 27.7 Å². The normalized spacial score (nSPS) is 40.6. The highest BCUT2D eigenvalue weighted by atomic mass is 16.5. The summed E-state index contributed by atoms with van der Waals surface area (Å²) < 4.78 is 12.2. The number of aromatic hydroxyl groups is 2. The van der Waals surface area contributed by atoms with Crippen LogP contribution in [-0.4, -0.2) is 118 Å². The van der Waals surface area contributed by atoms with Crippen molar-refractivity contribution in [2.75, 3.05) is 41.3 Å². The number of aliphatic imine (C=N–C) groups is 1. The first-order chi connectivity index (χ1) is 22.5. The summed E-state index contributed by atoms with van der Waals surface area (Å²) in [5, 5.41) is 44.0. The second-order valence-corrected chi connectivity index (χ2v) is 14.8. The van der Waals surface area contributed by atoms with Crippen LogP contribution in [0.1, 0.15) is 60.8 Å². The number of nitrogens with zero attached hydrogens (tertiary/aromatic N) is 3. The fraction of sp³-hybridized carbons (Fsp3) is 0.611. The number of likely N-dealkylation sites (tertiary alicyclic amines) is 2. The van der Waals surface area contributed by atoms with Gasteiger partial charge in [-0.15, -0.1) is 0 Å². The van der Waals surface area contributed by atoms with Crippen molar-refractivity contribution >= 4 is 11.5 Å². The van der Waals surface area contributed by atoms with Gasteiger partial charge in [0, 0.05) is 36.7 Å². The van der Waals surface area contributed by atoms with E-state index in [0.29, 0.717) is 37.2 Å². The Hall–Kier alpha value is -3.22. The quantitative estimate of drug-likeness (QED) is 0.284. The van der Waals surface area contributed by atoms with Crippen molar-refractivity contribution in [3.63, 3.8) is 0 Å². The number of likely N-dealkylation sites (N-methyl/N-ethyl adjacent to an activating group) is 2. The summed E-state index contributed by atoms with van der Waals surface area (Å²) in [4.78, 5) is 21.5. The van der Waals surface area contributed by atoms with E-state index in [4.69, 9.17) is 9.47 Å². The van der Waals surface area contributed by atoms with Gasteiger partial charge in [0.1, 0.15) is 6.10 Å². The molecule has 6 N–H and O–H groups in total. The number of hydrogen-bond donors (Lipinski definition) is 5. The summed E-state index contributed by atoms with van der Waals surface area (Å²) in [6.45, 7) is 1.76. The van der Waals surface area contributed by atoms with Gasteiger partial charge in [-0.05, 0) is 102 Å². The zero-order valence-electron chi connectivity index (χ0n) is 27.6. The van der Waals surface area contributed by atoms with E-state index in [-0.39, 0.29) is 35.5 Å². The number of ether oxygens (including phenoxy) is 2. The molecule has 2 aromatic rings. The molecule has 2 saturated carbocycles. The van der Waals surface area contributed by atoms with Crippen molar-refractivity contribution in [1.82, 2.24) is 9.80 Å². The molecule has 2 saturated heterocycles. The Balaban J connectivity index is 0.000000131. The molecule has 4 aliphatic carbocycles. The van der Waals surface area contributed by atoms with E-state index in [1.54, 1.807) is 19.2 Å². The van der Waals surface area contributed by atoms with E-state index in [9.17, 15) is 25.2 Å². The van der Waals surface area contributed by atoms with Crippen molar-refractivity contribution in [2.45, 2.75) is 97.7 Å². The number of carbonyl (C=O) groups excluding carboxylic acids is 1. The highest BCUT2D eigenvalue weighted by Gasteiger charge is 2.74. The molecule has 0 aromatic heterocycles. The molecule has 2 aromatic carbocycles. The molecule has 2 unspecified atom stereocenters. The van der Waals surface area contributed by atoms with Gasteiger partial charge in [0.15, 0.2) is 34.9 Å². The number of aliphatic hydroxyl groups is 2. The van der Waals surface area contributed by atoms with Crippen molar-refractivity contribution in [2.24, 2.45) is 10.7 Å². The maximum absolute atomic E-state index is 12.5. The van der Waals surface area contributed by atoms with E-state index >= 15 is 0 Å². The average molecular weight is 647 g/mol. The minimum absolute atomic E-state index is 0.00319. The minimum atomic E-state index is -0.954. The van der Waals surface area contributed by atoms with Gasteiger partial charge >= 0.3 is 0 Å². The smallest absolute Gasteiger partial charge is 0.174 e. The van der Waals surface area contributed by atoms with Crippen molar-refractivity contribution in [3.05, 3.63) is 46.5 Å². The number of hydrogen-bond acceptors (Lipinski definition) is 11. The van der Waals surface area contributed by atoms with Crippen LogP contribution in [0.4, 0.5) is 0 Å². The van der Waals surface area contributed by atoms with Gasteiger partial charge < -0.3 is 45.4 Å². The van der Waals surface area contributed by atoms with Crippen LogP contribution in [0.3, 0.4) is 0 Å². The standard InChI is InChI=1S/C18H22N2O3.C17H19NO4.CH5N/c1-19-11-5-6-18(22)13-9-10-3-4-12(21)15-14(10)17(18,16(11)23-15)7-8-20(13)2;1-18-7-6-16-13-9-2-3-10(19)14(13)22-15(16)11(20)4-5-17(16,21)12(18)8-9;1-2/h3-4,13,16,21-22H,5-9H2,1-2H3;2-3,12,15,19,21H,4-8H2,1H3;2H2,1H3/t13-,16?,17+,18-;12-,15?,16+,17-;/m11./s1. The summed E-state index contributed by atoms with van der Waals surface area (Å²) in [6, 6.07) is 7.40. The largest absolute Gasteiger partial charge is 0.504 e. The van der Waals surface area contributed by atoms with Gasteiger partial charge in [-0.2, -0.15) is 0 Å². The number of benzene rings is 2. The lowest BCUT2D eigenvalue weighted by Crippen LogP contribution is -2.76. The first-order valence-electron chi connectivity index (χ1n) is 17.0. The predicted octanol–water partition coefficient (Wildman–Crippen LogP) is 1.57. The van der Waals surface area contributed by atoms with Crippen LogP contribution in [0, 0.1) is 0 Å². The van der Waals surface area contributed by atoms with E-state index in [1.807, 2.05) is 19.2 Å². The van der Waals surface area contributed by atoms with E-state index in [1.165, 1.54) is 12.6 Å². The molecular weight excluding hydrogens is 600 g/mol. The number of carbonyl (C=O) groups is 1. The average Bonchev–Trinajstić information content (AvgIpc) is 3.61. The molecule has 252 valence electrons. The van der Waals surface area contributed by atoms with Crippen molar-refractivity contribution in [1.29, 1.82) is 0 Å². The lowest BCUT2D eigenvalue weighted by atomic mass is 9.49. The van der Waals surface area contributed by atoms with Crippen LogP contribution < -0.4 is 15.2 Å². The van der Waals surface area contributed by atoms with Crippen LogP contribution in [-0.2, 0) is 28.5 Å². The maximum Gasteiger partial charge on any atom is 0.174 e. The van der Waals surface area contributed by atoms with E-state index < -0.39 is 28.1 Å². The summed E-state index contributed by atoms with van der Waals surface area (Å²) in [6.07, 6.45) is 4.48. The number of rotatable bonds is 0. The summed E-state index contributed by atoms with van der Waals surface area (Å²) >= 11 is 0. The monoisotopic (exact) mass is 646 g/mol. The van der Waals surface area contributed by atoms with Gasteiger partial charge in [-0.3, -0.25) is 9.79 Å². The Labute approximate surface area is 275 Å². The molecule has 2 spiro atoms. The number of phenols is 2. The lowest BCUT2D eigenvalue weighted by Gasteiger charge is -2.62. The molecule has 0 amide bonds. The van der Waals surface area contributed by atoms with E-state index in [2.05, 4.69) is 27.6 Å². The molecule has 4 aliphatic heterocycles. The molecule has 0 radical (unpaired) electrons. The summed E-state index contributed by atoms with van der Waals surface area (Å²) in [5.41, 5.74) is 6.87. The molecule has 8 atom stereocenters. The highest BCUT2D eigenvalue weighted by Crippen LogP contribution is 2.66. The van der Waals surface area contributed by atoms with Crippen LogP contribution >= 0.6 is 0 Å². The Morgan fingerprint density at radius 1 is 0.766 bits per heavy atom. The third-order valence-electron chi connectivity index (χ3n) is 13.4. The van der Waals surface area contributed by atoms with Crippen LogP contribution in [0.25, 0.3) is 0 Å². The first kappa shape index (κ1) is 31.1. The molecule has 47 heavy (non-hydrogen) atoms. The highest BCUT2D eigenvalue weighted by molar-refractivity contribution is 5.94. The first-order valence-corrected chi connectivity index (χ1v) is 17.0. The fourth-order valence-electron chi connectivity index (χ4n) is 11.3. The van der Waals surface area contributed by atoms with Gasteiger partial charge in [0.25, 0.3) is 0 Å². The minimum Gasteiger partial charge on any atom is -0.504 e. The van der Waals surface area contributed by atoms with Crippen LogP contribution in [0.5, 0.6) is 23.0 Å². The fourth-order valence-corrected chi connectivity index (χ4v) is 11.3. The molecule has 4 fully saturated rings. The SMILES string of the molecule is CN.CN1CC[C@]23c4c5ccc(O)c4OC2C(=O)CC[C@@]3(O)[C@H]1C5.CN=C1CC[C@@]2(O)[C@H]3Cc4ccc(O)c5c4[C@@]2(CCN3C)C1O5. The van der Waals surface area contributed by atoms with Crippen molar-refractivity contribution < 1.29 is 34.7 Å². The third-order valence-corrected chi connectivity index (χ3v) is 13.4. The zero-order chi connectivity index (χ0) is 33.3. The van der Waals surface area contributed by atoms with Gasteiger partial charge in [-0.25, -0.2) is 0 Å². The third kappa shape index (κ3) is 3.49. The van der Waals surface area contributed by atoms with E-state index in [0.717, 1.165) is 61.2 Å². The van der Waals surface area contributed by atoms with Gasteiger partial charge in [-0.1, -0.05) is 12.1 Å². The summed E-state index contributed by atoms with van der Waals surface area (Å²) in [5.74, 6) is 1.32. The second kappa shape index (κ2) is 10.1. The number of ketones is 1. The number of Topliss-reactive ketones (excluding diaryl/α,β-unsaturated/α-hetero) is 1. The Morgan fingerprint density at radius 2 is 1.23 bits per heavy atom. The lowest BCUT2D eigenvalue weighted by molar-refractivity contribution is -0.185. The maximum atomic E-state index is 12.5. The zero-order valence-corrected chi connectivity index (χ0v) is 27.6. The molecule has 4 bridgehead atoms. The molecule has 11 nitrogen and oxygen atoms in total. The Bertz CT molecular complexity index is 1710. The predicted molar refractivity (Wildman–Crippen MR) is 175 cm³/mol. The van der Waals surface area contributed by atoms with Gasteiger partial charge in [0.2, 0.25) is 0 Å². The van der Waals surface area contributed by atoms with Crippen LogP contribution in [0.15, 0.2) is 29.3 Å². The number of piperidine rings is 2. The Morgan fingerprint density at radius 3 is 1.74 bits per heavy atom. The number of phenolic OH excluding ortho intramolecular Hbond substituents is 2. The molecule has 11 heteroatoms. The Kier molecular flexibility index (Phi) is 6.71. The topological polar surface area (TPSA) is 161 Å². The summed E-state index contributed by atoms with van der Waals surface area (Å²) in [7, 11) is 7.46.